The third-order valence-electron chi connectivity index (χ3n) is 2.33. The molecule has 0 spiro atoms. The molecule has 1 rings (SSSR count). The molecule has 0 fully saturated rings. The number of hydrogen-bond acceptors (Lipinski definition) is 3. The minimum atomic E-state index is -0.293. The Morgan fingerprint density at radius 2 is 2.31 bits per heavy atom. The van der Waals surface area contributed by atoms with E-state index in [0.717, 1.165) is 0 Å². The van der Waals surface area contributed by atoms with Gasteiger partial charge < -0.3 is 5.11 Å². The number of ketones is 1. The number of carbonyl (C=O) groups excluding carboxylic acids is 1. The third-order valence-corrected chi connectivity index (χ3v) is 2.74. The molecule has 1 aromatic carbocycles. The van der Waals surface area contributed by atoms with Crippen LogP contribution >= 0.6 is 15.9 Å². The minimum Gasteiger partial charge on any atom is -0.392 e. The molecule has 0 heterocycles. The van der Waals surface area contributed by atoms with Crippen molar-refractivity contribution in [2.24, 2.45) is 0 Å². The van der Waals surface area contributed by atoms with Gasteiger partial charge in [0.25, 0.3) is 0 Å². The smallest absolute Gasteiger partial charge is 0.176 e. The Kier molecular flexibility index (Phi) is 4.66. The summed E-state index contributed by atoms with van der Waals surface area (Å²) < 4.78 is 0. The largest absolute Gasteiger partial charge is 0.392 e. The minimum absolute atomic E-state index is 0.0689. The summed E-state index contributed by atoms with van der Waals surface area (Å²) in [6, 6.07) is 7.14. The maximum atomic E-state index is 11.9. The highest BCUT2D eigenvalue weighted by Crippen LogP contribution is 2.19. The molecule has 0 aliphatic carbocycles. The summed E-state index contributed by atoms with van der Waals surface area (Å²) in [5.41, 5.74) is 1.78. The Balaban J connectivity index is 3.28. The maximum absolute atomic E-state index is 11.9. The Morgan fingerprint density at radius 3 is 2.81 bits per heavy atom. The highest BCUT2D eigenvalue weighted by atomic mass is 79.9. The molecular weight excluding hydrogens is 270 g/mol. The molecule has 1 unspecified atom stereocenters. The van der Waals surface area contributed by atoms with Crippen LogP contribution in [0.15, 0.2) is 18.2 Å². The van der Waals surface area contributed by atoms with Gasteiger partial charge >= 0.3 is 0 Å². The van der Waals surface area contributed by atoms with Gasteiger partial charge in [0.2, 0.25) is 0 Å². The third kappa shape index (κ3) is 2.69. The highest BCUT2D eigenvalue weighted by molar-refractivity contribution is 9.10. The normalized spacial score (nSPS) is 11.9. The number of halogens is 1. The molecule has 1 atom stereocenters. The Labute approximate surface area is 103 Å². The molecule has 0 saturated heterocycles. The summed E-state index contributed by atoms with van der Waals surface area (Å²) in [4.78, 5) is 11.6. The van der Waals surface area contributed by atoms with Crippen LogP contribution in [0.25, 0.3) is 0 Å². The van der Waals surface area contributed by atoms with E-state index >= 15 is 0 Å². The second-order valence-corrected chi connectivity index (χ2v) is 4.79. The zero-order valence-electron chi connectivity index (χ0n) is 8.90. The lowest BCUT2D eigenvalue weighted by atomic mass is 9.95. The van der Waals surface area contributed by atoms with E-state index in [0.29, 0.717) is 16.7 Å². The number of nitrogens with zero attached hydrogens (tertiary/aromatic N) is 1. The number of hydrogen-bond donors (Lipinski definition) is 1. The molecule has 0 radical (unpaired) electrons. The van der Waals surface area contributed by atoms with Crippen LogP contribution in [-0.4, -0.2) is 15.7 Å². The van der Waals surface area contributed by atoms with E-state index in [4.69, 9.17) is 10.4 Å². The van der Waals surface area contributed by atoms with Crippen LogP contribution in [0.2, 0.25) is 0 Å². The Morgan fingerprint density at radius 1 is 1.62 bits per heavy atom. The van der Waals surface area contributed by atoms with Crippen molar-refractivity contribution in [1.29, 1.82) is 5.26 Å². The van der Waals surface area contributed by atoms with Crippen LogP contribution in [0.1, 0.15) is 28.4 Å². The van der Waals surface area contributed by atoms with E-state index in [9.17, 15) is 4.79 Å². The zero-order valence-corrected chi connectivity index (χ0v) is 10.5. The van der Waals surface area contributed by atoms with Gasteiger partial charge in [0.15, 0.2) is 5.78 Å². The van der Waals surface area contributed by atoms with Crippen molar-refractivity contribution < 1.29 is 9.90 Å². The zero-order chi connectivity index (χ0) is 12.1. The van der Waals surface area contributed by atoms with Gasteiger partial charge in [-0.1, -0.05) is 34.1 Å². The van der Waals surface area contributed by atoms with E-state index in [1.807, 2.05) is 6.07 Å². The first-order valence-corrected chi connectivity index (χ1v) is 5.80. The Bertz CT molecular complexity index is 435. The van der Waals surface area contributed by atoms with Crippen LogP contribution in [0, 0.1) is 11.3 Å². The molecule has 0 aromatic heterocycles. The Hall–Kier alpha value is -1.18. The average Bonchev–Trinajstić information content (AvgIpc) is 2.28. The van der Waals surface area contributed by atoms with Crippen LogP contribution in [0.3, 0.4) is 0 Å². The summed E-state index contributed by atoms with van der Waals surface area (Å²) in [7, 11) is 0. The number of alkyl halides is 1. The van der Waals surface area contributed by atoms with Crippen molar-refractivity contribution in [2.75, 3.05) is 0 Å². The highest BCUT2D eigenvalue weighted by Gasteiger charge is 2.17. The molecule has 4 heteroatoms. The molecular formula is C12H12BrNO2. The van der Waals surface area contributed by atoms with Crippen LogP contribution in [0.4, 0.5) is 0 Å². The summed E-state index contributed by atoms with van der Waals surface area (Å²) in [5.74, 6) is -0.0689. The number of benzene rings is 1. The van der Waals surface area contributed by atoms with Crippen LogP contribution in [-0.2, 0) is 13.0 Å². The molecule has 0 amide bonds. The first-order chi connectivity index (χ1) is 7.61. The van der Waals surface area contributed by atoms with Gasteiger partial charge in [-0.2, -0.15) is 5.26 Å². The van der Waals surface area contributed by atoms with Gasteiger partial charge in [-0.25, -0.2) is 0 Å². The van der Waals surface area contributed by atoms with Gasteiger partial charge in [-0.3, -0.25) is 4.79 Å². The summed E-state index contributed by atoms with van der Waals surface area (Å²) >= 11 is 3.21. The summed E-state index contributed by atoms with van der Waals surface area (Å²) in [6.07, 6.45) is 0.136. The van der Waals surface area contributed by atoms with Gasteiger partial charge in [-0.15, -0.1) is 0 Å². The van der Waals surface area contributed by atoms with E-state index in [1.165, 1.54) is 0 Å². The lowest BCUT2D eigenvalue weighted by molar-refractivity contribution is 0.0995. The average molecular weight is 282 g/mol. The molecule has 16 heavy (non-hydrogen) atoms. The van der Waals surface area contributed by atoms with Crippen molar-refractivity contribution in [2.45, 2.75) is 24.8 Å². The van der Waals surface area contributed by atoms with Crippen molar-refractivity contribution in [3.63, 3.8) is 0 Å². The first-order valence-electron chi connectivity index (χ1n) is 4.88. The second kappa shape index (κ2) is 5.78. The molecule has 3 nitrogen and oxygen atoms in total. The quantitative estimate of drug-likeness (QED) is 0.680. The molecule has 84 valence electrons. The maximum Gasteiger partial charge on any atom is 0.176 e. The van der Waals surface area contributed by atoms with E-state index in [2.05, 4.69) is 15.9 Å². The van der Waals surface area contributed by atoms with Gasteiger partial charge in [0.1, 0.15) is 0 Å². The number of aliphatic hydroxyl groups is 1. The topological polar surface area (TPSA) is 61.1 Å². The molecule has 1 N–H and O–H groups in total. The lowest BCUT2D eigenvalue weighted by Crippen LogP contribution is -2.14. The molecule has 1 aromatic rings. The fraction of sp³-hybridized carbons (Fsp3) is 0.333. The predicted molar refractivity (Wildman–Crippen MR) is 64.4 cm³/mol. The fourth-order valence-electron chi connectivity index (χ4n) is 1.52. The lowest BCUT2D eigenvalue weighted by Gasteiger charge is -2.11. The second-order valence-electron chi connectivity index (χ2n) is 3.42. The summed E-state index contributed by atoms with van der Waals surface area (Å²) in [6.45, 7) is 1.58. The SMILES string of the molecule is CC(Br)C(=O)c1cccc(CO)c1CC#N. The number of aliphatic hydroxyl groups excluding tert-OH is 1. The molecule has 0 aliphatic heterocycles. The van der Waals surface area contributed by atoms with Crippen molar-refractivity contribution in [3.05, 3.63) is 34.9 Å². The van der Waals surface area contributed by atoms with E-state index in [-0.39, 0.29) is 23.6 Å². The standard InChI is InChI=1S/C12H12BrNO2/c1-8(13)12(16)11-4-2-3-9(7-15)10(11)5-6-14/h2-4,8,15H,5,7H2,1H3. The van der Waals surface area contributed by atoms with Gasteiger partial charge in [0.05, 0.1) is 23.9 Å². The molecule has 0 aliphatic rings. The molecule has 0 bridgehead atoms. The van der Waals surface area contributed by atoms with Crippen molar-refractivity contribution in [1.82, 2.24) is 0 Å². The van der Waals surface area contributed by atoms with E-state index < -0.39 is 0 Å². The van der Waals surface area contributed by atoms with Gasteiger partial charge in [0, 0.05) is 5.56 Å². The fourth-order valence-corrected chi connectivity index (χ4v) is 1.76. The summed E-state index contributed by atoms with van der Waals surface area (Å²) in [5, 5.41) is 17.9. The van der Waals surface area contributed by atoms with Crippen LogP contribution in [0.5, 0.6) is 0 Å². The molecule has 0 saturated carbocycles. The number of Topliss-reactive ketones (excluding diaryl/α,β-unsaturated/α-hetero) is 1. The van der Waals surface area contributed by atoms with E-state index in [1.54, 1.807) is 25.1 Å². The van der Waals surface area contributed by atoms with Crippen molar-refractivity contribution in [3.8, 4) is 6.07 Å². The number of nitriles is 1. The number of rotatable bonds is 4. The number of carbonyl (C=O) groups is 1. The van der Waals surface area contributed by atoms with Crippen LogP contribution < -0.4 is 0 Å². The van der Waals surface area contributed by atoms with Gasteiger partial charge in [-0.05, 0) is 18.1 Å². The predicted octanol–water partition coefficient (Wildman–Crippen LogP) is 2.21. The monoisotopic (exact) mass is 281 g/mol. The first kappa shape index (κ1) is 12.9. The van der Waals surface area contributed by atoms with Crippen molar-refractivity contribution >= 4 is 21.7 Å².